The number of anilines is 1. The first-order valence-corrected chi connectivity index (χ1v) is 5.90. The van der Waals surface area contributed by atoms with Crippen molar-refractivity contribution in [2.24, 2.45) is 0 Å². The molecule has 0 atom stereocenters. The van der Waals surface area contributed by atoms with Crippen LogP contribution in [0.3, 0.4) is 0 Å². The summed E-state index contributed by atoms with van der Waals surface area (Å²) in [4.78, 5) is 0. The zero-order valence-corrected chi connectivity index (χ0v) is 10.6. The fraction of sp³-hybridized carbons (Fsp3) is 0.267. The first kappa shape index (κ1) is 13.2. The van der Waals surface area contributed by atoms with E-state index in [1.165, 1.54) is 11.1 Å². The van der Waals surface area contributed by atoms with Crippen molar-refractivity contribution in [2.75, 3.05) is 5.32 Å². The van der Waals surface area contributed by atoms with Crippen LogP contribution in [0.1, 0.15) is 32.3 Å². The summed E-state index contributed by atoms with van der Waals surface area (Å²) in [6.07, 6.45) is 5.67. The van der Waals surface area contributed by atoms with E-state index in [2.05, 4.69) is 31.0 Å². The largest absolute Gasteiger partial charge is 0.362 e. The zero-order valence-electron chi connectivity index (χ0n) is 10.6. The average molecular weight is 228 g/mol. The molecule has 0 aliphatic heterocycles. The molecule has 90 valence electrons. The van der Waals surface area contributed by atoms with Crippen molar-refractivity contribution in [2.45, 2.75) is 26.7 Å². The highest BCUT2D eigenvalue weighted by atomic mass is 14.8. The molecule has 2 heteroatoms. The highest BCUT2D eigenvalue weighted by Crippen LogP contribution is 2.19. The van der Waals surface area contributed by atoms with E-state index < -0.39 is 0 Å². The van der Waals surface area contributed by atoms with Gasteiger partial charge in [-0.3, -0.25) is 0 Å². The number of hydrogen-bond donors (Lipinski definition) is 2. The normalized spacial score (nSPS) is 10.5. The predicted octanol–water partition coefficient (Wildman–Crippen LogP) is 4.47. The van der Waals surface area contributed by atoms with Crippen molar-refractivity contribution in [3.8, 4) is 0 Å². The molecule has 0 fully saturated rings. The second kappa shape index (κ2) is 6.69. The van der Waals surface area contributed by atoms with E-state index in [0.29, 0.717) is 5.71 Å². The SMILES string of the molecule is C=C(CCC)c1ccc(N/C=C\C(C)=N)cc1. The molecule has 17 heavy (non-hydrogen) atoms. The Labute approximate surface area is 104 Å². The maximum atomic E-state index is 7.26. The lowest BCUT2D eigenvalue weighted by atomic mass is 10.0. The lowest BCUT2D eigenvalue weighted by molar-refractivity contribution is 0.975. The van der Waals surface area contributed by atoms with Crippen LogP contribution in [0, 0.1) is 5.41 Å². The summed E-state index contributed by atoms with van der Waals surface area (Å²) >= 11 is 0. The van der Waals surface area contributed by atoms with Gasteiger partial charge in [0.15, 0.2) is 0 Å². The third kappa shape index (κ3) is 4.68. The first-order valence-electron chi connectivity index (χ1n) is 5.90. The van der Waals surface area contributed by atoms with Crippen LogP contribution in [0.4, 0.5) is 5.69 Å². The maximum absolute atomic E-state index is 7.26. The molecule has 2 nitrogen and oxygen atoms in total. The first-order chi connectivity index (χ1) is 8.13. The van der Waals surface area contributed by atoms with Gasteiger partial charge >= 0.3 is 0 Å². The van der Waals surface area contributed by atoms with E-state index in [4.69, 9.17) is 5.41 Å². The monoisotopic (exact) mass is 228 g/mol. The summed E-state index contributed by atoms with van der Waals surface area (Å²) in [6, 6.07) is 8.20. The number of hydrogen-bond acceptors (Lipinski definition) is 2. The lowest BCUT2D eigenvalue weighted by Gasteiger charge is -2.06. The smallest absolute Gasteiger partial charge is 0.0380 e. The topological polar surface area (TPSA) is 35.9 Å². The Kier molecular flexibility index (Phi) is 5.21. The van der Waals surface area contributed by atoms with Crippen molar-refractivity contribution in [1.82, 2.24) is 0 Å². The fourth-order valence-electron chi connectivity index (χ4n) is 1.51. The van der Waals surface area contributed by atoms with E-state index >= 15 is 0 Å². The van der Waals surface area contributed by atoms with Crippen LogP contribution in [0.2, 0.25) is 0 Å². The Bertz CT molecular complexity index is 413. The number of benzene rings is 1. The summed E-state index contributed by atoms with van der Waals surface area (Å²) in [6.45, 7) is 7.97. The van der Waals surface area contributed by atoms with Crippen molar-refractivity contribution in [1.29, 1.82) is 5.41 Å². The van der Waals surface area contributed by atoms with Crippen molar-refractivity contribution < 1.29 is 0 Å². The minimum absolute atomic E-state index is 0.533. The van der Waals surface area contributed by atoms with E-state index in [1.54, 1.807) is 19.2 Å². The second-order valence-electron chi connectivity index (χ2n) is 4.09. The van der Waals surface area contributed by atoms with E-state index in [-0.39, 0.29) is 0 Å². The maximum Gasteiger partial charge on any atom is 0.0380 e. The summed E-state index contributed by atoms with van der Waals surface area (Å²) in [5.74, 6) is 0. The Morgan fingerprint density at radius 2 is 2.00 bits per heavy atom. The Morgan fingerprint density at radius 1 is 1.35 bits per heavy atom. The lowest BCUT2D eigenvalue weighted by Crippen LogP contribution is -1.90. The molecule has 0 saturated carbocycles. The highest BCUT2D eigenvalue weighted by molar-refractivity contribution is 5.90. The van der Waals surface area contributed by atoms with E-state index in [9.17, 15) is 0 Å². The van der Waals surface area contributed by atoms with Crippen LogP contribution < -0.4 is 5.32 Å². The summed E-state index contributed by atoms with van der Waals surface area (Å²) < 4.78 is 0. The molecule has 1 aromatic carbocycles. The fourth-order valence-corrected chi connectivity index (χ4v) is 1.51. The van der Waals surface area contributed by atoms with Crippen LogP contribution in [0.15, 0.2) is 43.1 Å². The van der Waals surface area contributed by atoms with Gasteiger partial charge in [0.1, 0.15) is 0 Å². The number of rotatable bonds is 6. The molecule has 0 unspecified atom stereocenters. The molecule has 1 aromatic rings. The molecular weight excluding hydrogens is 208 g/mol. The van der Waals surface area contributed by atoms with Crippen LogP contribution in [-0.2, 0) is 0 Å². The molecule has 2 N–H and O–H groups in total. The molecule has 0 saturated heterocycles. The van der Waals surface area contributed by atoms with E-state index in [0.717, 1.165) is 18.5 Å². The standard InChI is InChI=1S/C15H20N2/c1-4-5-12(2)14-6-8-15(9-7-14)17-11-10-13(3)16/h6-11,16-17H,2,4-5H2,1,3H3/b11-10-,16-13?. The van der Waals surface area contributed by atoms with Gasteiger partial charge in [-0.05, 0) is 42.7 Å². The number of allylic oxidation sites excluding steroid dienone is 2. The minimum atomic E-state index is 0.533. The van der Waals surface area contributed by atoms with Crippen molar-refractivity contribution in [3.05, 3.63) is 48.7 Å². The summed E-state index contributed by atoms with van der Waals surface area (Å²) in [5.41, 5.74) is 3.94. The molecule has 0 aromatic heterocycles. The van der Waals surface area contributed by atoms with Gasteiger partial charge in [-0.2, -0.15) is 0 Å². The third-order valence-electron chi connectivity index (χ3n) is 2.43. The molecular formula is C15H20N2. The van der Waals surface area contributed by atoms with Gasteiger partial charge in [-0.25, -0.2) is 0 Å². The van der Waals surface area contributed by atoms with Gasteiger partial charge in [0.2, 0.25) is 0 Å². The molecule has 0 bridgehead atoms. The summed E-state index contributed by atoms with van der Waals surface area (Å²) in [7, 11) is 0. The van der Waals surface area contributed by atoms with Crippen LogP contribution in [0.5, 0.6) is 0 Å². The molecule has 1 rings (SSSR count). The van der Waals surface area contributed by atoms with Gasteiger partial charge in [0.05, 0.1) is 0 Å². The Balaban J connectivity index is 2.62. The molecule has 0 amide bonds. The van der Waals surface area contributed by atoms with Gasteiger partial charge in [0, 0.05) is 17.6 Å². The van der Waals surface area contributed by atoms with Gasteiger partial charge < -0.3 is 10.7 Å². The van der Waals surface area contributed by atoms with Crippen LogP contribution >= 0.6 is 0 Å². The molecule has 0 heterocycles. The van der Waals surface area contributed by atoms with E-state index in [1.807, 2.05) is 12.1 Å². The van der Waals surface area contributed by atoms with Gasteiger partial charge in [-0.1, -0.05) is 32.1 Å². The average Bonchev–Trinajstić information content (AvgIpc) is 2.30. The third-order valence-corrected chi connectivity index (χ3v) is 2.43. The molecule has 0 aliphatic carbocycles. The van der Waals surface area contributed by atoms with Gasteiger partial charge in [0.25, 0.3) is 0 Å². The second-order valence-corrected chi connectivity index (χ2v) is 4.09. The predicted molar refractivity (Wildman–Crippen MR) is 76.5 cm³/mol. The van der Waals surface area contributed by atoms with Crippen LogP contribution in [-0.4, -0.2) is 5.71 Å². The zero-order chi connectivity index (χ0) is 12.7. The minimum Gasteiger partial charge on any atom is -0.362 e. The Morgan fingerprint density at radius 3 is 2.53 bits per heavy atom. The molecule has 0 spiro atoms. The number of nitrogens with one attached hydrogen (secondary N) is 2. The summed E-state index contributed by atoms with van der Waals surface area (Å²) in [5, 5.41) is 10.4. The van der Waals surface area contributed by atoms with Crippen molar-refractivity contribution >= 4 is 17.0 Å². The highest BCUT2D eigenvalue weighted by Gasteiger charge is 1.97. The Hall–Kier alpha value is -1.83. The quantitative estimate of drug-likeness (QED) is 0.692. The van der Waals surface area contributed by atoms with Crippen LogP contribution in [0.25, 0.3) is 5.57 Å². The molecule has 0 aliphatic rings. The molecule has 0 radical (unpaired) electrons. The van der Waals surface area contributed by atoms with Crippen molar-refractivity contribution in [3.63, 3.8) is 0 Å². The van der Waals surface area contributed by atoms with Gasteiger partial charge in [-0.15, -0.1) is 0 Å².